The predicted molar refractivity (Wildman–Crippen MR) is 90.4 cm³/mol. The third-order valence-corrected chi connectivity index (χ3v) is 3.84. The van der Waals surface area contributed by atoms with Gasteiger partial charge in [0.1, 0.15) is 0 Å². The van der Waals surface area contributed by atoms with Gasteiger partial charge in [-0.25, -0.2) is 4.68 Å². The molecule has 2 aromatic rings. The van der Waals surface area contributed by atoms with Crippen molar-refractivity contribution < 1.29 is 0 Å². The molecule has 3 nitrogen and oxygen atoms in total. The number of benzene rings is 1. The molecule has 1 unspecified atom stereocenters. The van der Waals surface area contributed by atoms with Crippen LogP contribution in [0.5, 0.6) is 0 Å². The highest BCUT2D eigenvalue weighted by molar-refractivity contribution is 6.31. The van der Waals surface area contributed by atoms with Crippen LogP contribution in [0.3, 0.4) is 0 Å². The van der Waals surface area contributed by atoms with Crippen molar-refractivity contribution in [1.82, 2.24) is 9.78 Å². The van der Waals surface area contributed by atoms with E-state index >= 15 is 0 Å². The third kappa shape index (κ3) is 4.78. The van der Waals surface area contributed by atoms with Gasteiger partial charge in [-0.3, -0.25) is 0 Å². The highest BCUT2D eigenvalue weighted by Crippen LogP contribution is 2.25. The van der Waals surface area contributed by atoms with E-state index in [9.17, 15) is 0 Å². The van der Waals surface area contributed by atoms with Gasteiger partial charge in [-0.2, -0.15) is 5.10 Å². The summed E-state index contributed by atoms with van der Waals surface area (Å²) in [7, 11) is 0. The molecular weight excluding hydrogens is 282 g/mol. The van der Waals surface area contributed by atoms with Crippen LogP contribution in [0, 0.1) is 0 Å². The van der Waals surface area contributed by atoms with Crippen molar-refractivity contribution in [2.24, 2.45) is 0 Å². The number of aromatic nitrogens is 2. The minimum absolute atomic E-state index is 0.426. The van der Waals surface area contributed by atoms with Gasteiger partial charge in [-0.05, 0) is 37.6 Å². The second-order valence-electron chi connectivity index (χ2n) is 5.51. The maximum Gasteiger partial charge on any atom is 0.0877 e. The van der Waals surface area contributed by atoms with E-state index in [-0.39, 0.29) is 0 Å². The Morgan fingerprint density at radius 2 is 2.14 bits per heavy atom. The molecule has 0 spiro atoms. The Morgan fingerprint density at radius 3 is 2.86 bits per heavy atom. The van der Waals surface area contributed by atoms with Gasteiger partial charge in [-0.1, -0.05) is 44.2 Å². The Hall–Kier alpha value is -1.48. The molecule has 1 atom stereocenters. The fourth-order valence-corrected chi connectivity index (χ4v) is 2.62. The minimum Gasteiger partial charge on any atom is -0.381 e. The lowest BCUT2D eigenvalue weighted by Crippen LogP contribution is -2.16. The zero-order valence-corrected chi connectivity index (χ0v) is 13.6. The molecule has 1 aromatic heterocycles. The number of unbranched alkanes of at least 4 members (excludes halogenated alkanes) is 3. The lowest BCUT2D eigenvalue weighted by molar-refractivity contribution is 0.593. The van der Waals surface area contributed by atoms with Gasteiger partial charge in [0, 0.05) is 23.5 Å². The highest BCUT2D eigenvalue weighted by atomic mass is 35.5. The molecule has 1 N–H and O–H groups in total. The monoisotopic (exact) mass is 305 g/mol. The summed E-state index contributed by atoms with van der Waals surface area (Å²) < 4.78 is 1.86. The lowest BCUT2D eigenvalue weighted by Gasteiger charge is -2.18. The summed E-state index contributed by atoms with van der Waals surface area (Å²) in [5.41, 5.74) is 2.07. The Kier molecular flexibility index (Phi) is 6.12. The van der Waals surface area contributed by atoms with Gasteiger partial charge < -0.3 is 5.32 Å². The Bertz CT molecular complexity index is 537. The summed E-state index contributed by atoms with van der Waals surface area (Å²) in [5, 5.41) is 8.62. The van der Waals surface area contributed by atoms with Crippen LogP contribution < -0.4 is 5.32 Å². The van der Waals surface area contributed by atoms with Gasteiger partial charge in [0.05, 0.1) is 11.4 Å². The fourth-order valence-electron chi connectivity index (χ4n) is 2.45. The summed E-state index contributed by atoms with van der Waals surface area (Å²) in [6.07, 6.45) is 10.1. The Labute approximate surface area is 132 Å². The molecule has 0 bridgehead atoms. The SMILES string of the molecule is CCCCCCC(C)Nc1cc(Cl)ccc1-n1cccn1. The van der Waals surface area contributed by atoms with E-state index in [1.54, 1.807) is 6.20 Å². The van der Waals surface area contributed by atoms with Crippen LogP contribution in [0.4, 0.5) is 5.69 Å². The second-order valence-corrected chi connectivity index (χ2v) is 5.94. The molecule has 0 amide bonds. The molecule has 1 aromatic carbocycles. The van der Waals surface area contributed by atoms with Crippen molar-refractivity contribution in [3.8, 4) is 5.69 Å². The van der Waals surface area contributed by atoms with Crippen molar-refractivity contribution in [2.75, 3.05) is 5.32 Å². The van der Waals surface area contributed by atoms with Crippen molar-refractivity contribution >= 4 is 17.3 Å². The first kappa shape index (κ1) is 15.9. The minimum atomic E-state index is 0.426. The molecule has 0 aliphatic rings. The number of nitrogens with one attached hydrogen (secondary N) is 1. The molecule has 1 heterocycles. The molecule has 21 heavy (non-hydrogen) atoms. The molecule has 0 saturated carbocycles. The molecular formula is C17H24ClN3. The second kappa shape index (κ2) is 8.08. The summed E-state index contributed by atoms with van der Waals surface area (Å²) >= 11 is 6.14. The van der Waals surface area contributed by atoms with Crippen LogP contribution >= 0.6 is 11.6 Å². The number of anilines is 1. The van der Waals surface area contributed by atoms with E-state index in [0.717, 1.165) is 16.4 Å². The van der Waals surface area contributed by atoms with Gasteiger partial charge in [-0.15, -0.1) is 0 Å². The third-order valence-electron chi connectivity index (χ3n) is 3.60. The number of halogens is 1. The van der Waals surface area contributed by atoms with Gasteiger partial charge in [0.15, 0.2) is 0 Å². The van der Waals surface area contributed by atoms with Gasteiger partial charge in [0.25, 0.3) is 0 Å². The first-order chi connectivity index (χ1) is 10.2. The summed E-state index contributed by atoms with van der Waals surface area (Å²) in [6.45, 7) is 4.46. The zero-order chi connectivity index (χ0) is 15.1. The smallest absolute Gasteiger partial charge is 0.0877 e. The largest absolute Gasteiger partial charge is 0.381 e. The molecule has 0 fully saturated rings. The first-order valence-corrected chi connectivity index (χ1v) is 8.14. The van der Waals surface area contributed by atoms with Crippen molar-refractivity contribution in [1.29, 1.82) is 0 Å². The van der Waals surface area contributed by atoms with Crippen molar-refractivity contribution in [3.63, 3.8) is 0 Å². The standard InChI is InChI=1S/C17H24ClN3/c1-3-4-5-6-8-14(2)20-16-13-15(18)9-10-17(16)21-12-7-11-19-21/h7,9-14,20H,3-6,8H2,1-2H3. The van der Waals surface area contributed by atoms with Gasteiger partial charge in [0.2, 0.25) is 0 Å². The van der Waals surface area contributed by atoms with E-state index in [0.29, 0.717) is 6.04 Å². The van der Waals surface area contributed by atoms with Crippen LogP contribution in [0.25, 0.3) is 5.69 Å². The van der Waals surface area contributed by atoms with Crippen LogP contribution in [0.15, 0.2) is 36.7 Å². The molecule has 114 valence electrons. The van der Waals surface area contributed by atoms with E-state index in [2.05, 4.69) is 24.3 Å². The maximum absolute atomic E-state index is 6.14. The zero-order valence-electron chi connectivity index (χ0n) is 12.8. The highest BCUT2D eigenvalue weighted by Gasteiger charge is 2.09. The average molecular weight is 306 g/mol. The van der Waals surface area contributed by atoms with E-state index in [1.807, 2.05) is 35.1 Å². The molecule has 0 saturated heterocycles. The summed E-state index contributed by atoms with van der Waals surface area (Å²) in [6, 6.07) is 8.22. The van der Waals surface area contributed by atoms with Crippen LogP contribution in [-0.2, 0) is 0 Å². The topological polar surface area (TPSA) is 29.9 Å². The normalized spacial score (nSPS) is 12.3. The van der Waals surface area contributed by atoms with E-state index in [1.165, 1.54) is 32.1 Å². The van der Waals surface area contributed by atoms with Crippen LogP contribution in [-0.4, -0.2) is 15.8 Å². The van der Waals surface area contributed by atoms with Crippen LogP contribution in [0.2, 0.25) is 5.02 Å². The number of rotatable bonds is 8. The molecule has 0 aliphatic carbocycles. The molecule has 0 radical (unpaired) electrons. The number of nitrogens with zero attached hydrogens (tertiary/aromatic N) is 2. The van der Waals surface area contributed by atoms with E-state index < -0.39 is 0 Å². The number of hydrogen-bond donors (Lipinski definition) is 1. The number of hydrogen-bond acceptors (Lipinski definition) is 2. The fraction of sp³-hybridized carbons (Fsp3) is 0.471. The first-order valence-electron chi connectivity index (χ1n) is 7.77. The van der Waals surface area contributed by atoms with E-state index in [4.69, 9.17) is 11.6 Å². The quantitative estimate of drug-likeness (QED) is 0.671. The predicted octanol–water partition coefficient (Wildman–Crippen LogP) is 5.30. The molecule has 0 aliphatic heterocycles. The van der Waals surface area contributed by atoms with Crippen molar-refractivity contribution in [2.45, 2.75) is 52.0 Å². The maximum atomic E-state index is 6.14. The Balaban J connectivity index is 2.03. The summed E-state index contributed by atoms with van der Waals surface area (Å²) in [5.74, 6) is 0. The lowest BCUT2D eigenvalue weighted by atomic mass is 10.1. The molecule has 2 rings (SSSR count). The summed E-state index contributed by atoms with van der Waals surface area (Å²) in [4.78, 5) is 0. The van der Waals surface area contributed by atoms with Gasteiger partial charge >= 0.3 is 0 Å². The average Bonchev–Trinajstić information content (AvgIpc) is 2.98. The Morgan fingerprint density at radius 1 is 1.29 bits per heavy atom. The molecule has 4 heteroatoms. The van der Waals surface area contributed by atoms with Crippen LogP contribution in [0.1, 0.15) is 46.0 Å². The van der Waals surface area contributed by atoms with Crippen molar-refractivity contribution in [3.05, 3.63) is 41.7 Å².